The molecule has 0 saturated carbocycles. The number of cyclic esters (lactones) is 1. The van der Waals surface area contributed by atoms with Gasteiger partial charge in [-0.25, -0.2) is 19.0 Å². The number of amides is 3. The molecule has 2 heterocycles. The minimum atomic E-state index is -0.824. The predicted octanol–water partition coefficient (Wildman–Crippen LogP) is 1.73. The normalized spacial score (nSPS) is 18.3. The van der Waals surface area contributed by atoms with Crippen LogP contribution in [0.15, 0.2) is 12.1 Å². The molecule has 12 heteroatoms. The Morgan fingerprint density at radius 2 is 1.83 bits per heavy atom. The largest absolute Gasteiger partial charge is 0.444 e. The molecule has 2 saturated heterocycles. The summed E-state index contributed by atoms with van der Waals surface area (Å²) in [6, 6.07) is 2.19. The summed E-state index contributed by atoms with van der Waals surface area (Å²) in [7, 11) is 0. The van der Waals surface area contributed by atoms with Crippen molar-refractivity contribution in [3.63, 3.8) is 0 Å². The summed E-state index contributed by atoms with van der Waals surface area (Å²) in [5, 5.41) is 4.06. The minimum Gasteiger partial charge on any atom is -0.444 e. The number of nitrogens with zero attached hydrogens (tertiary/aromatic N) is 3. The summed E-state index contributed by atoms with van der Waals surface area (Å²) in [5.74, 6) is -2.01. The second-order valence-corrected chi connectivity index (χ2v) is 8.64. The van der Waals surface area contributed by atoms with Crippen molar-refractivity contribution in [3.8, 4) is 0 Å². The van der Waals surface area contributed by atoms with Gasteiger partial charge in [0.15, 0.2) is 11.6 Å². The van der Waals surface area contributed by atoms with Crippen LogP contribution in [0.3, 0.4) is 0 Å². The Labute approximate surface area is 202 Å². The molecule has 3 amide bonds. The van der Waals surface area contributed by atoms with Crippen molar-refractivity contribution < 1.29 is 32.7 Å². The molecule has 2 N–H and O–H groups in total. The number of hydrazine groups is 1. The molecular weight excluding hydrogens is 464 g/mol. The summed E-state index contributed by atoms with van der Waals surface area (Å²) in [6.07, 6.45) is 0.0889. The van der Waals surface area contributed by atoms with E-state index in [2.05, 4.69) is 10.7 Å². The van der Waals surface area contributed by atoms with Crippen LogP contribution in [-0.2, 0) is 19.1 Å². The minimum absolute atomic E-state index is 0.0295. The third kappa shape index (κ3) is 7.10. The lowest BCUT2D eigenvalue weighted by atomic mass is 10.1. The first-order valence-electron chi connectivity index (χ1n) is 11.7. The number of carbonyl (C=O) groups excluding carboxylic acids is 4. The summed E-state index contributed by atoms with van der Waals surface area (Å²) < 4.78 is 35.3. The lowest BCUT2D eigenvalue weighted by Crippen LogP contribution is -2.43. The van der Waals surface area contributed by atoms with Crippen LogP contribution in [-0.4, -0.2) is 74.1 Å². The van der Waals surface area contributed by atoms with Gasteiger partial charge in [-0.15, -0.1) is 0 Å². The van der Waals surface area contributed by atoms with Crippen LogP contribution in [0.25, 0.3) is 0 Å². The molecule has 2 aliphatic rings. The molecule has 0 aliphatic carbocycles. The number of anilines is 2. The first-order chi connectivity index (χ1) is 16.7. The molecule has 2 aliphatic heterocycles. The fourth-order valence-corrected chi connectivity index (χ4v) is 4.06. The Morgan fingerprint density at radius 1 is 1.11 bits per heavy atom. The van der Waals surface area contributed by atoms with Gasteiger partial charge in [-0.3, -0.25) is 19.5 Å². The zero-order chi connectivity index (χ0) is 25.5. The van der Waals surface area contributed by atoms with Crippen molar-refractivity contribution in [2.45, 2.75) is 45.6 Å². The van der Waals surface area contributed by atoms with E-state index >= 15 is 8.78 Å². The Balaban J connectivity index is 1.61. The lowest BCUT2D eigenvalue weighted by Gasteiger charge is -2.25. The third-order valence-electron chi connectivity index (χ3n) is 5.84. The molecule has 10 nitrogen and oxygen atoms in total. The van der Waals surface area contributed by atoms with E-state index in [1.165, 1.54) is 23.8 Å². The van der Waals surface area contributed by atoms with Gasteiger partial charge in [0.25, 0.3) is 0 Å². The average molecular weight is 496 g/mol. The molecule has 1 aromatic carbocycles. The first kappa shape index (κ1) is 26.3. The van der Waals surface area contributed by atoms with E-state index in [9.17, 15) is 19.2 Å². The van der Waals surface area contributed by atoms with Gasteiger partial charge in [-0.2, -0.15) is 0 Å². The highest BCUT2D eigenvalue weighted by Crippen LogP contribution is 2.31. The molecule has 3 rings (SSSR count). The molecular formula is C23H31F2N5O5. The number of benzene rings is 1. The fraction of sp³-hybridized carbons (Fsp3) is 0.565. The second kappa shape index (κ2) is 11.9. The van der Waals surface area contributed by atoms with Crippen molar-refractivity contribution in [2.24, 2.45) is 0 Å². The number of carbonyl (C=O) groups is 4. The monoisotopic (exact) mass is 495 g/mol. The quantitative estimate of drug-likeness (QED) is 0.502. The van der Waals surface area contributed by atoms with Crippen LogP contribution in [0.2, 0.25) is 0 Å². The van der Waals surface area contributed by atoms with Gasteiger partial charge < -0.3 is 19.7 Å². The van der Waals surface area contributed by atoms with Crippen molar-refractivity contribution in [1.82, 2.24) is 15.8 Å². The van der Waals surface area contributed by atoms with Crippen LogP contribution in [0.4, 0.5) is 25.0 Å². The Bertz CT molecular complexity index is 953. The standard InChI is InChI=1S/C23H31F2N5O5/c1-15(31)5-6-18-14-29(23(34)35-18)17-12-19(24)22(20(25)13-17)28-9-8-27-30(11-10-28)21(33)4-3-7-26-16(2)32/h12-13,18,27H,3-11,14H2,1-2H3,(H,26,32)/t18-/m0/s1. The summed E-state index contributed by atoms with van der Waals surface area (Å²) >= 11 is 0. The van der Waals surface area contributed by atoms with Crippen molar-refractivity contribution >= 4 is 35.1 Å². The number of ether oxygens (including phenoxy) is 1. The first-order valence-corrected chi connectivity index (χ1v) is 11.7. The van der Waals surface area contributed by atoms with Gasteiger partial charge in [0.1, 0.15) is 17.6 Å². The Morgan fingerprint density at radius 3 is 2.49 bits per heavy atom. The zero-order valence-electron chi connectivity index (χ0n) is 19.9. The summed E-state index contributed by atoms with van der Waals surface area (Å²) in [4.78, 5) is 49.4. The molecule has 2 fully saturated rings. The zero-order valence-corrected chi connectivity index (χ0v) is 19.9. The van der Waals surface area contributed by atoms with E-state index in [0.29, 0.717) is 25.9 Å². The van der Waals surface area contributed by atoms with Crippen LogP contribution >= 0.6 is 0 Å². The van der Waals surface area contributed by atoms with Gasteiger partial charge in [0.05, 0.1) is 18.8 Å². The highest BCUT2D eigenvalue weighted by Gasteiger charge is 2.34. The molecule has 1 atom stereocenters. The number of halogens is 2. The highest BCUT2D eigenvalue weighted by molar-refractivity contribution is 5.90. The van der Waals surface area contributed by atoms with Crippen LogP contribution in [0.5, 0.6) is 0 Å². The number of nitrogens with one attached hydrogen (secondary N) is 2. The smallest absolute Gasteiger partial charge is 0.414 e. The highest BCUT2D eigenvalue weighted by atomic mass is 19.1. The van der Waals surface area contributed by atoms with Gasteiger partial charge in [0.2, 0.25) is 11.8 Å². The molecule has 1 aromatic rings. The Hall–Kier alpha value is -3.28. The third-order valence-corrected chi connectivity index (χ3v) is 5.84. The van der Waals surface area contributed by atoms with Gasteiger partial charge in [-0.1, -0.05) is 0 Å². The lowest BCUT2D eigenvalue weighted by molar-refractivity contribution is -0.134. The predicted molar refractivity (Wildman–Crippen MR) is 124 cm³/mol. The Kier molecular flexibility index (Phi) is 8.96. The molecule has 0 unspecified atom stereocenters. The average Bonchev–Trinajstić information content (AvgIpc) is 2.99. The van der Waals surface area contributed by atoms with Crippen LogP contribution in [0.1, 0.15) is 39.5 Å². The number of ketones is 1. The number of hydrogen-bond acceptors (Lipinski definition) is 7. The molecule has 35 heavy (non-hydrogen) atoms. The second-order valence-electron chi connectivity index (χ2n) is 8.64. The van der Waals surface area contributed by atoms with Crippen molar-refractivity contribution in [3.05, 3.63) is 23.8 Å². The maximum absolute atomic E-state index is 15.0. The topological polar surface area (TPSA) is 111 Å². The van der Waals surface area contributed by atoms with Crippen molar-refractivity contribution in [2.75, 3.05) is 49.1 Å². The van der Waals surface area contributed by atoms with Crippen molar-refractivity contribution in [1.29, 1.82) is 0 Å². The number of Topliss-reactive ketones (excluding diaryl/α,β-unsaturated/α-hetero) is 1. The maximum atomic E-state index is 15.0. The van der Waals surface area contributed by atoms with Crippen LogP contribution in [0, 0.1) is 11.6 Å². The molecule has 0 radical (unpaired) electrons. The maximum Gasteiger partial charge on any atom is 0.414 e. The summed E-state index contributed by atoms with van der Waals surface area (Å²) in [6.45, 7) is 4.34. The van der Waals surface area contributed by atoms with E-state index < -0.39 is 23.8 Å². The van der Waals surface area contributed by atoms with E-state index in [-0.39, 0.29) is 68.0 Å². The van der Waals surface area contributed by atoms with Gasteiger partial charge >= 0.3 is 6.09 Å². The molecule has 0 bridgehead atoms. The fourth-order valence-electron chi connectivity index (χ4n) is 4.06. The van der Waals surface area contributed by atoms with Gasteiger partial charge in [0, 0.05) is 58.1 Å². The SMILES string of the molecule is CC(=O)CC[C@H]1CN(c2cc(F)c(N3CCNN(C(=O)CCCNC(C)=O)CC3)c(F)c2)C(=O)O1. The molecule has 0 aromatic heterocycles. The van der Waals surface area contributed by atoms with E-state index in [0.717, 1.165) is 17.0 Å². The molecule has 0 spiro atoms. The molecule has 192 valence electrons. The number of rotatable bonds is 9. The summed E-state index contributed by atoms with van der Waals surface area (Å²) in [5.41, 5.74) is 2.79. The van der Waals surface area contributed by atoms with E-state index in [1.54, 1.807) is 0 Å². The van der Waals surface area contributed by atoms with E-state index in [4.69, 9.17) is 4.74 Å². The number of hydrogen-bond donors (Lipinski definition) is 2. The van der Waals surface area contributed by atoms with E-state index in [1.807, 2.05) is 0 Å². The van der Waals surface area contributed by atoms with Crippen LogP contribution < -0.4 is 20.5 Å². The van der Waals surface area contributed by atoms with Gasteiger partial charge in [-0.05, 0) is 19.8 Å².